The molecule has 3 N–H and O–H groups in total. The van der Waals surface area contributed by atoms with Crippen molar-refractivity contribution in [3.05, 3.63) is 119 Å². The summed E-state index contributed by atoms with van der Waals surface area (Å²) in [6.07, 6.45) is 4.74. The van der Waals surface area contributed by atoms with Gasteiger partial charge in [-0.2, -0.15) is 0 Å². The molecule has 0 radical (unpaired) electrons. The number of nitrogens with one attached hydrogen (secondary N) is 2. The Labute approximate surface area is 230 Å². The minimum atomic E-state index is -1.04. The highest BCUT2D eigenvalue weighted by atomic mass is 16.4. The average molecular weight is 521 g/mol. The average Bonchev–Trinajstić information content (AvgIpc) is 2.97. The lowest BCUT2D eigenvalue weighted by Gasteiger charge is -2.32. The van der Waals surface area contributed by atoms with Crippen molar-refractivity contribution < 1.29 is 14.7 Å². The van der Waals surface area contributed by atoms with E-state index in [1.54, 1.807) is 0 Å². The van der Waals surface area contributed by atoms with Crippen molar-refractivity contribution in [3.8, 4) is 0 Å². The molecule has 0 unspecified atom stereocenters. The molecule has 1 fully saturated rings. The summed E-state index contributed by atoms with van der Waals surface area (Å²) in [4.78, 5) is 24.6. The Hall–Kier alpha value is -3.96. The molecule has 1 aliphatic carbocycles. The minimum Gasteiger partial charge on any atom is -0.480 e. The van der Waals surface area contributed by atoms with Crippen molar-refractivity contribution in [3.63, 3.8) is 0 Å². The van der Waals surface area contributed by atoms with E-state index in [1.165, 1.54) is 21.9 Å². The van der Waals surface area contributed by atoms with Gasteiger partial charge in [0.2, 0.25) is 0 Å². The van der Waals surface area contributed by atoms with E-state index in [1.807, 2.05) is 54.6 Å². The van der Waals surface area contributed by atoms with E-state index in [9.17, 15) is 14.7 Å². The van der Waals surface area contributed by atoms with Crippen LogP contribution in [0, 0.1) is 0 Å². The van der Waals surface area contributed by atoms with Crippen molar-refractivity contribution in [1.29, 1.82) is 0 Å². The maximum absolute atomic E-state index is 12.9. The zero-order valence-electron chi connectivity index (χ0n) is 22.3. The molecule has 0 saturated heterocycles. The lowest BCUT2D eigenvalue weighted by molar-refractivity contribution is -0.139. The number of fused-ring (bicyclic) bond motifs is 1. The van der Waals surface area contributed by atoms with Crippen LogP contribution in [-0.2, 0) is 11.2 Å². The van der Waals surface area contributed by atoms with Gasteiger partial charge in [0.05, 0.1) is 0 Å². The van der Waals surface area contributed by atoms with Crippen LogP contribution in [0.1, 0.15) is 71.6 Å². The number of carbonyl (C=O) groups is 2. The van der Waals surface area contributed by atoms with Crippen molar-refractivity contribution in [2.24, 2.45) is 0 Å². The summed E-state index contributed by atoms with van der Waals surface area (Å²) in [7, 11) is 0. The van der Waals surface area contributed by atoms with Gasteiger partial charge in [-0.05, 0) is 71.7 Å². The maximum atomic E-state index is 12.9. The molecule has 0 aliphatic heterocycles. The number of aliphatic carboxylic acids is 1. The van der Waals surface area contributed by atoms with Crippen molar-refractivity contribution in [2.45, 2.75) is 63.1 Å². The summed E-state index contributed by atoms with van der Waals surface area (Å²) in [6, 6.07) is 31.8. The molecule has 0 heterocycles. The van der Waals surface area contributed by atoms with E-state index in [4.69, 9.17) is 0 Å². The van der Waals surface area contributed by atoms with Gasteiger partial charge in [-0.15, -0.1) is 0 Å². The quantitative estimate of drug-likeness (QED) is 0.231. The Morgan fingerprint density at radius 3 is 2.36 bits per heavy atom. The first-order valence-electron chi connectivity index (χ1n) is 13.9. The summed E-state index contributed by atoms with van der Waals surface area (Å²) in [6.45, 7) is 2.25. The fourth-order valence-corrected chi connectivity index (χ4v) is 5.91. The first-order chi connectivity index (χ1) is 19.0. The van der Waals surface area contributed by atoms with Crippen LogP contribution < -0.4 is 10.6 Å². The molecule has 0 spiro atoms. The third-order valence-corrected chi connectivity index (χ3v) is 7.98. The molecular weight excluding hydrogens is 484 g/mol. The second-order valence-electron chi connectivity index (χ2n) is 10.7. The zero-order chi connectivity index (χ0) is 27.2. The molecule has 5 rings (SSSR count). The Bertz CT molecular complexity index is 1410. The minimum absolute atomic E-state index is 0.244. The highest BCUT2D eigenvalue weighted by Gasteiger charge is 2.26. The molecule has 200 valence electrons. The van der Waals surface area contributed by atoms with E-state index in [0.717, 1.165) is 31.2 Å². The monoisotopic (exact) mass is 520 g/mol. The van der Waals surface area contributed by atoms with Gasteiger partial charge in [-0.1, -0.05) is 91.3 Å². The van der Waals surface area contributed by atoms with E-state index >= 15 is 0 Å². The highest BCUT2D eigenvalue weighted by molar-refractivity contribution is 5.96. The van der Waals surface area contributed by atoms with Crippen LogP contribution in [0.5, 0.6) is 0 Å². The third-order valence-electron chi connectivity index (χ3n) is 7.98. The number of rotatable bonds is 9. The van der Waals surface area contributed by atoms with Crippen LogP contribution in [0.25, 0.3) is 10.8 Å². The second-order valence-corrected chi connectivity index (χ2v) is 10.7. The summed E-state index contributed by atoms with van der Waals surface area (Å²) < 4.78 is 0. The van der Waals surface area contributed by atoms with E-state index in [-0.39, 0.29) is 18.4 Å². The first kappa shape index (κ1) is 26.6. The van der Waals surface area contributed by atoms with E-state index < -0.39 is 12.0 Å². The molecule has 39 heavy (non-hydrogen) atoms. The molecule has 4 aromatic carbocycles. The summed E-state index contributed by atoms with van der Waals surface area (Å²) in [5.41, 5.74) is 3.91. The molecule has 5 nitrogen and oxygen atoms in total. The molecule has 4 atom stereocenters. The molecule has 4 aromatic rings. The second kappa shape index (κ2) is 12.3. The lowest BCUT2D eigenvalue weighted by atomic mass is 9.80. The van der Waals surface area contributed by atoms with E-state index in [0.29, 0.717) is 17.5 Å². The molecule has 0 bridgehead atoms. The van der Waals surface area contributed by atoms with Crippen LogP contribution in [0.4, 0.5) is 0 Å². The molecular formula is C34H36N2O3. The van der Waals surface area contributed by atoms with Gasteiger partial charge in [0.1, 0.15) is 6.04 Å². The van der Waals surface area contributed by atoms with Crippen molar-refractivity contribution in [2.75, 3.05) is 0 Å². The summed E-state index contributed by atoms with van der Waals surface area (Å²) in [5, 5.41) is 18.8. The smallest absolute Gasteiger partial charge is 0.326 e. The Morgan fingerprint density at radius 1 is 0.872 bits per heavy atom. The third kappa shape index (κ3) is 6.55. The normalized spacial score (nSPS) is 18.8. The van der Waals surface area contributed by atoms with Gasteiger partial charge >= 0.3 is 5.97 Å². The molecule has 1 saturated carbocycles. The van der Waals surface area contributed by atoms with Gasteiger partial charge in [-0.25, -0.2) is 4.79 Å². The van der Waals surface area contributed by atoms with Gasteiger partial charge < -0.3 is 15.7 Å². The number of carbonyl (C=O) groups excluding carboxylic acids is 1. The SMILES string of the molecule is C[C@@H](N[C@H]1CCC[C@H](c2ccc(C(=O)N[C@H](Cc3ccccc3)C(=O)O)cc2)C1)c1cccc2ccccc12. The van der Waals surface area contributed by atoms with Crippen LogP contribution in [0.2, 0.25) is 0 Å². The topological polar surface area (TPSA) is 78.4 Å². The van der Waals surface area contributed by atoms with Gasteiger partial charge in [0, 0.05) is 24.1 Å². The summed E-state index contributed by atoms with van der Waals surface area (Å²) in [5.74, 6) is -0.975. The first-order valence-corrected chi connectivity index (χ1v) is 13.9. The number of hydrogen-bond donors (Lipinski definition) is 3. The van der Waals surface area contributed by atoms with Gasteiger partial charge in [0.15, 0.2) is 0 Å². The number of benzene rings is 4. The van der Waals surface area contributed by atoms with Crippen LogP contribution in [0.3, 0.4) is 0 Å². The van der Waals surface area contributed by atoms with Crippen LogP contribution in [-0.4, -0.2) is 29.1 Å². The number of carboxylic acid groups (broad SMARTS) is 1. The molecule has 1 aliphatic rings. The Balaban J connectivity index is 1.20. The Kier molecular flexibility index (Phi) is 8.38. The molecule has 0 aromatic heterocycles. The highest BCUT2D eigenvalue weighted by Crippen LogP contribution is 2.34. The predicted molar refractivity (Wildman–Crippen MR) is 156 cm³/mol. The molecule has 1 amide bonds. The number of hydrogen-bond acceptors (Lipinski definition) is 3. The van der Waals surface area contributed by atoms with Crippen molar-refractivity contribution in [1.82, 2.24) is 10.6 Å². The van der Waals surface area contributed by atoms with Crippen molar-refractivity contribution >= 4 is 22.6 Å². The Morgan fingerprint density at radius 2 is 1.59 bits per heavy atom. The van der Waals surface area contributed by atoms with E-state index in [2.05, 4.69) is 60.0 Å². The standard InChI is InChI=1S/C34H36N2O3/c1-23(30-16-8-12-26-11-5-6-15-31(26)30)35-29-14-7-13-28(22-29)25-17-19-27(20-18-25)33(37)36-32(34(38)39)21-24-9-3-2-4-10-24/h2-6,8-12,15-20,23,28-29,32,35H,7,13-14,21-22H2,1H3,(H,36,37)(H,38,39)/t23-,28+,29+,32-/m1/s1. The number of carboxylic acids is 1. The largest absolute Gasteiger partial charge is 0.480 e. The van der Waals surface area contributed by atoms with Gasteiger partial charge in [-0.3, -0.25) is 4.79 Å². The number of amides is 1. The molecule has 5 heteroatoms. The van der Waals surface area contributed by atoms with Crippen LogP contribution in [0.15, 0.2) is 97.1 Å². The fraction of sp³-hybridized carbons (Fsp3) is 0.294. The predicted octanol–water partition coefficient (Wildman–Crippen LogP) is 6.64. The zero-order valence-corrected chi connectivity index (χ0v) is 22.3. The lowest BCUT2D eigenvalue weighted by Crippen LogP contribution is -2.42. The maximum Gasteiger partial charge on any atom is 0.326 e. The van der Waals surface area contributed by atoms with Crippen LogP contribution >= 0.6 is 0 Å². The van der Waals surface area contributed by atoms with Gasteiger partial charge in [0.25, 0.3) is 5.91 Å². The summed E-state index contributed by atoms with van der Waals surface area (Å²) >= 11 is 0. The fourth-order valence-electron chi connectivity index (χ4n) is 5.91.